The third-order valence-electron chi connectivity index (χ3n) is 6.54. The number of carbonyl (C=O) groups is 2. The molecule has 0 heterocycles. The zero-order valence-corrected chi connectivity index (χ0v) is 23.2. The van der Waals surface area contributed by atoms with Crippen LogP contribution in [0.5, 0.6) is 0 Å². The second-order valence-corrected chi connectivity index (χ2v) is 10.3. The minimum Gasteiger partial charge on any atom is -0.322 e. The molecule has 0 spiro atoms. The van der Waals surface area contributed by atoms with Crippen molar-refractivity contribution in [1.29, 1.82) is 0 Å². The van der Waals surface area contributed by atoms with Gasteiger partial charge in [0.05, 0.1) is 9.85 Å². The van der Waals surface area contributed by atoms with Crippen molar-refractivity contribution in [1.82, 2.24) is 0 Å². The van der Waals surface area contributed by atoms with Crippen LogP contribution in [0.2, 0.25) is 10.0 Å². The summed E-state index contributed by atoms with van der Waals surface area (Å²) in [5.41, 5.74) is 2.39. The van der Waals surface area contributed by atoms with E-state index < -0.39 is 27.1 Å². The Balaban J connectivity index is 1.43. The molecule has 4 rings (SSSR count). The lowest BCUT2D eigenvalue weighted by molar-refractivity contribution is -0.384. The summed E-state index contributed by atoms with van der Waals surface area (Å²) in [4.78, 5) is 45.9. The van der Waals surface area contributed by atoms with E-state index in [9.17, 15) is 29.8 Å². The summed E-state index contributed by atoms with van der Waals surface area (Å²) in [6.07, 6.45) is 0. The van der Waals surface area contributed by atoms with E-state index in [2.05, 4.69) is 10.6 Å². The molecule has 0 saturated heterocycles. The first-order valence-corrected chi connectivity index (χ1v) is 12.8. The van der Waals surface area contributed by atoms with Gasteiger partial charge in [0.2, 0.25) is 0 Å². The normalized spacial score (nSPS) is 11.0. The van der Waals surface area contributed by atoms with Crippen molar-refractivity contribution >= 4 is 57.8 Å². The zero-order valence-electron chi connectivity index (χ0n) is 21.7. The summed E-state index contributed by atoms with van der Waals surface area (Å²) in [7, 11) is 0. The Morgan fingerprint density at radius 1 is 0.634 bits per heavy atom. The van der Waals surface area contributed by atoms with Gasteiger partial charge in [-0.15, -0.1) is 0 Å². The molecule has 2 N–H and O–H groups in total. The third-order valence-corrected chi connectivity index (χ3v) is 7.15. The fourth-order valence-electron chi connectivity index (χ4n) is 4.11. The Labute approximate surface area is 244 Å². The van der Waals surface area contributed by atoms with E-state index in [1.165, 1.54) is 36.4 Å². The molecule has 0 atom stereocenters. The highest BCUT2D eigenvalue weighted by Gasteiger charge is 2.24. The van der Waals surface area contributed by atoms with Crippen LogP contribution in [0.15, 0.2) is 84.9 Å². The van der Waals surface area contributed by atoms with Crippen molar-refractivity contribution in [2.75, 3.05) is 10.6 Å². The smallest absolute Gasteiger partial charge is 0.287 e. The minimum absolute atomic E-state index is 0.124. The molecule has 12 heteroatoms. The van der Waals surface area contributed by atoms with Crippen molar-refractivity contribution < 1.29 is 19.4 Å². The number of nitrogens with zero attached hydrogens (tertiary/aromatic N) is 2. The number of nitro groups is 2. The highest BCUT2D eigenvalue weighted by atomic mass is 35.5. The molecule has 0 aliphatic rings. The molecule has 0 bridgehead atoms. The quantitative estimate of drug-likeness (QED) is 0.159. The highest BCUT2D eigenvalue weighted by molar-refractivity contribution is 6.33. The van der Waals surface area contributed by atoms with Crippen LogP contribution in [0.4, 0.5) is 22.7 Å². The predicted molar refractivity (Wildman–Crippen MR) is 157 cm³/mol. The van der Waals surface area contributed by atoms with E-state index in [1.54, 1.807) is 24.3 Å². The summed E-state index contributed by atoms with van der Waals surface area (Å²) in [6, 6.07) is 22.1. The SMILES string of the molecule is CC(C)(c1ccc(NC(=O)c2ccc([N+](=O)[O-])c(Cl)c2)cc1)c1ccc(NC(=O)c2ccc([N+](=O)[O-])c(Cl)c2)cc1. The molecule has 0 unspecified atom stereocenters. The Morgan fingerprint density at radius 3 is 1.27 bits per heavy atom. The van der Waals surface area contributed by atoms with Gasteiger partial charge in [0.1, 0.15) is 10.0 Å². The third kappa shape index (κ3) is 6.51. The second-order valence-electron chi connectivity index (χ2n) is 9.53. The number of benzene rings is 4. The Morgan fingerprint density at radius 2 is 0.976 bits per heavy atom. The standard InChI is InChI=1S/C29H22Cl2N4O6/c1-29(2,19-5-9-21(10-6-19)32-27(36)17-3-13-25(34(38)39)23(30)15-17)20-7-11-22(12-8-20)33-28(37)18-4-14-26(35(40)41)24(31)16-18/h3-16H,1-2H3,(H,32,36)(H,33,37). The molecule has 0 aromatic heterocycles. The van der Waals surface area contributed by atoms with Gasteiger partial charge in [-0.05, 0) is 59.7 Å². The summed E-state index contributed by atoms with van der Waals surface area (Å²) in [5, 5.41) is 27.1. The topological polar surface area (TPSA) is 144 Å². The maximum atomic E-state index is 12.6. The average Bonchev–Trinajstić information content (AvgIpc) is 2.93. The number of hydrogen-bond acceptors (Lipinski definition) is 6. The van der Waals surface area contributed by atoms with Gasteiger partial charge in [-0.2, -0.15) is 0 Å². The van der Waals surface area contributed by atoms with E-state index >= 15 is 0 Å². The highest BCUT2D eigenvalue weighted by Crippen LogP contribution is 2.33. The van der Waals surface area contributed by atoms with Crippen LogP contribution in [0.3, 0.4) is 0 Å². The van der Waals surface area contributed by atoms with Crippen LogP contribution < -0.4 is 10.6 Å². The van der Waals surface area contributed by atoms with Gasteiger partial charge in [-0.25, -0.2) is 0 Å². The van der Waals surface area contributed by atoms with Crippen molar-refractivity contribution in [2.24, 2.45) is 0 Å². The first-order valence-electron chi connectivity index (χ1n) is 12.1. The number of amides is 2. The van der Waals surface area contributed by atoms with Crippen LogP contribution in [-0.2, 0) is 5.41 Å². The van der Waals surface area contributed by atoms with Crippen molar-refractivity contribution in [3.63, 3.8) is 0 Å². The lowest BCUT2D eigenvalue weighted by Crippen LogP contribution is -2.19. The van der Waals surface area contributed by atoms with Crippen LogP contribution in [0, 0.1) is 20.2 Å². The van der Waals surface area contributed by atoms with Gasteiger partial charge in [0.15, 0.2) is 0 Å². The fourth-order valence-corrected chi connectivity index (χ4v) is 4.61. The molecule has 41 heavy (non-hydrogen) atoms. The maximum Gasteiger partial charge on any atom is 0.287 e. The van der Waals surface area contributed by atoms with Crippen molar-refractivity contribution in [3.05, 3.63) is 137 Å². The fraction of sp³-hybridized carbons (Fsp3) is 0.103. The van der Waals surface area contributed by atoms with Gasteiger partial charge in [0, 0.05) is 40.0 Å². The molecule has 4 aromatic carbocycles. The molecule has 2 amide bonds. The zero-order chi connectivity index (χ0) is 29.9. The number of nitrogens with one attached hydrogen (secondary N) is 2. The van der Waals surface area contributed by atoms with Gasteiger partial charge >= 0.3 is 0 Å². The van der Waals surface area contributed by atoms with E-state index in [0.717, 1.165) is 11.1 Å². The molecule has 0 fully saturated rings. The van der Waals surface area contributed by atoms with Crippen LogP contribution in [0.25, 0.3) is 0 Å². The lowest BCUT2D eigenvalue weighted by atomic mass is 9.78. The first kappa shape index (κ1) is 29.2. The number of hydrogen-bond donors (Lipinski definition) is 2. The summed E-state index contributed by atoms with van der Waals surface area (Å²) < 4.78 is 0. The molecule has 0 saturated carbocycles. The average molecular weight is 593 g/mol. The van der Waals surface area contributed by atoms with E-state index in [4.69, 9.17) is 23.2 Å². The largest absolute Gasteiger partial charge is 0.322 e. The summed E-state index contributed by atoms with van der Waals surface area (Å²) in [5.74, 6) is -0.912. The summed E-state index contributed by atoms with van der Waals surface area (Å²) in [6.45, 7) is 4.07. The monoisotopic (exact) mass is 592 g/mol. The van der Waals surface area contributed by atoms with E-state index in [0.29, 0.717) is 11.4 Å². The van der Waals surface area contributed by atoms with Crippen LogP contribution >= 0.6 is 23.2 Å². The Kier molecular flexibility index (Phi) is 8.36. The maximum absolute atomic E-state index is 12.6. The number of nitro benzene ring substituents is 2. The molecule has 0 aliphatic heterocycles. The molecule has 4 aromatic rings. The van der Waals surface area contributed by atoms with Gasteiger partial charge in [-0.1, -0.05) is 61.3 Å². The van der Waals surface area contributed by atoms with Gasteiger partial charge in [-0.3, -0.25) is 29.8 Å². The molecular formula is C29H22Cl2N4O6. The minimum atomic E-state index is -0.619. The first-order chi connectivity index (χ1) is 19.4. The molecular weight excluding hydrogens is 571 g/mol. The number of halogens is 2. The van der Waals surface area contributed by atoms with E-state index in [1.807, 2.05) is 38.1 Å². The van der Waals surface area contributed by atoms with Crippen molar-refractivity contribution in [2.45, 2.75) is 19.3 Å². The van der Waals surface area contributed by atoms with Gasteiger partial charge < -0.3 is 10.6 Å². The van der Waals surface area contributed by atoms with Crippen LogP contribution in [0.1, 0.15) is 45.7 Å². The second kappa shape index (κ2) is 11.7. The Bertz CT molecular complexity index is 1550. The lowest BCUT2D eigenvalue weighted by Gasteiger charge is -2.26. The van der Waals surface area contributed by atoms with Crippen LogP contribution in [-0.4, -0.2) is 21.7 Å². The molecule has 208 valence electrons. The number of anilines is 2. The molecule has 10 nitrogen and oxygen atoms in total. The summed E-state index contributed by atoms with van der Waals surface area (Å²) >= 11 is 11.8. The van der Waals surface area contributed by atoms with Gasteiger partial charge in [0.25, 0.3) is 23.2 Å². The molecule has 0 aliphatic carbocycles. The van der Waals surface area contributed by atoms with E-state index in [-0.39, 0.29) is 32.5 Å². The number of carbonyl (C=O) groups excluding carboxylic acids is 2. The predicted octanol–water partition coefficient (Wildman–Crippen LogP) is 7.64. The molecule has 0 radical (unpaired) electrons. The van der Waals surface area contributed by atoms with Crippen molar-refractivity contribution in [3.8, 4) is 0 Å². The number of rotatable bonds is 8. The Hall–Kier alpha value is -4.80.